The van der Waals surface area contributed by atoms with Crippen molar-refractivity contribution in [2.45, 2.75) is 13.8 Å². The first kappa shape index (κ1) is 5.35. The molecule has 1 aromatic rings. The van der Waals surface area contributed by atoms with Crippen molar-refractivity contribution >= 4 is 0 Å². The highest BCUT2D eigenvalue weighted by molar-refractivity contribution is 5.08. The molecular formula is C6H9N2. The zero-order valence-electron chi connectivity index (χ0n) is 5.10. The zero-order valence-corrected chi connectivity index (χ0v) is 5.10. The van der Waals surface area contributed by atoms with E-state index in [0.29, 0.717) is 0 Å². The van der Waals surface area contributed by atoms with Gasteiger partial charge in [-0.2, -0.15) is 0 Å². The largest absolute Gasteiger partial charge is 0.348 e. The van der Waals surface area contributed by atoms with Crippen molar-refractivity contribution in [3.8, 4) is 0 Å². The molecule has 0 aliphatic rings. The fraction of sp³-hybridized carbons (Fsp3) is 0.333. The number of rotatable bonds is 1. The first-order valence-electron chi connectivity index (χ1n) is 2.60. The highest BCUT2D eigenvalue weighted by Gasteiger charge is 1.97. The lowest BCUT2D eigenvalue weighted by Gasteiger charge is -1.94. The minimum atomic E-state index is 0.977. The number of nitrogens with zero attached hydrogens (tertiary/aromatic N) is 1. The predicted molar refractivity (Wildman–Crippen MR) is 32.3 cm³/mol. The fourth-order valence-electron chi connectivity index (χ4n) is 0.539. The van der Waals surface area contributed by atoms with E-state index in [0.717, 1.165) is 5.82 Å². The summed E-state index contributed by atoms with van der Waals surface area (Å²) in [5.41, 5.74) is 0. The normalized spacial score (nSPS) is 10.4. The lowest BCUT2D eigenvalue weighted by atomic mass is 10.2. The molecule has 0 spiro atoms. The molecule has 0 saturated carbocycles. The molecule has 2 heteroatoms. The van der Waals surface area contributed by atoms with Crippen LogP contribution in [0.2, 0.25) is 0 Å². The molecule has 2 nitrogen and oxygen atoms in total. The van der Waals surface area contributed by atoms with Gasteiger partial charge in [-0.05, 0) is 0 Å². The van der Waals surface area contributed by atoms with E-state index in [4.69, 9.17) is 0 Å². The number of aromatic nitrogens is 2. The number of hydrogen-bond acceptors (Lipinski definition) is 1. The van der Waals surface area contributed by atoms with Crippen LogP contribution in [0.4, 0.5) is 0 Å². The van der Waals surface area contributed by atoms with Gasteiger partial charge in [0.25, 0.3) is 0 Å². The van der Waals surface area contributed by atoms with Crippen molar-refractivity contribution in [1.29, 1.82) is 0 Å². The number of nitrogens with one attached hydrogen (secondary N) is 1. The summed E-state index contributed by atoms with van der Waals surface area (Å²) in [4.78, 5) is 7.01. The summed E-state index contributed by atoms with van der Waals surface area (Å²) in [6.45, 7) is 4.05. The van der Waals surface area contributed by atoms with Crippen molar-refractivity contribution < 1.29 is 0 Å². The maximum Gasteiger partial charge on any atom is 0.112 e. The van der Waals surface area contributed by atoms with E-state index in [1.54, 1.807) is 6.20 Å². The Morgan fingerprint density at radius 3 is 2.62 bits per heavy atom. The lowest BCUT2D eigenvalue weighted by Crippen LogP contribution is -1.88. The predicted octanol–water partition coefficient (Wildman–Crippen LogP) is 1.37. The average Bonchev–Trinajstić information content (AvgIpc) is 2.12. The molecule has 0 atom stereocenters. The Balaban J connectivity index is 2.77. The van der Waals surface area contributed by atoms with E-state index in [2.05, 4.69) is 9.97 Å². The zero-order chi connectivity index (χ0) is 5.98. The molecule has 0 aliphatic carbocycles. The molecule has 1 rings (SSSR count). The van der Waals surface area contributed by atoms with Crippen molar-refractivity contribution in [3.63, 3.8) is 0 Å². The van der Waals surface area contributed by atoms with E-state index >= 15 is 0 Å². The molecule has 1 radical (unpaired) electrons. The second-order valence-electron chi connectivity index (χ2n) is 1.94. The van der Waals surface area contributed by atoms with E-state index in [1.165, 1.54) is 5.92 Å². The SMILES string of the molecule is C[C](C)c1ncc[nH]1. The van der Waals surface area contributed by atoms with Gasteiger partial charge in [0.2, 0.25) is 0 Å². The molecule has 0 bridgehead atoms. The summed E-state index contributed by atoms with van der Waals surface area (Å²) in [5.74, 6) is 2.19. The molecule has 0 unspecified atom stereocenters. The van der Waals surface area contributed by atoms with Crippen LogP contribution in [0.15, 0.2) is 12.4 Å². The highest BCUT2D eigenvalue weighted by Crippen LogP contribution is 2.04. The quantitative estimate of drug-likeness (QED) is 0.579. The van der Waals surface area contributed by atoms with Gasteiger partial charge in [0, 0.05) is 18.3 Å². The van der Waals surface area contributed by atoms with Crippen LogP contribution in [0.3, 0.4) is 0 Å². The minimum absolute atomic E-state index is 0.977. The Hall–Kier alpha value is -0.790. The Morgan fingerprint density at radius 1 is 1.62 bits per heavy atom. The van der Waals surface area contributed by atoms with Crippen molar-refractivity contribution in [3.05, 3.63) is 24.1 Å². The molecule has 1 aromatic heterocycles. The van der Waals surface area contributed by atoms with E-state index in [1.807, 2.05) is 20.0 Å². The molecule has 8 heavy (non-hydrogen) atoms. The molecule has 0 aromatic carbocycles. The van der Waals surface area contributed by atoms with Crippen LogP contribution in [0, 0.1) is 5.92 Å². The van der Waals surface area contributed by atoms with Crippen LogP contribution in [0.25, 0.3) is 0 Å². The maximum atomic E-state index is 4.02. The summed E-state index contributed by atoms with van der Waals surface area (Å²) in [5, 5.41) is 0. The molecule has 0 fully saturated rings. The Kier molecular flexibility index (Phi) is 1.33. The standard InChI is InChI=1S/C6H9N2/c1-5(2)6-7-3-4-8-6/h3-4H,1-2H3,(H,7,8). The first-order chi connectivity index (χ1) is 3.80. The third-order valence-corrected chi connectivity index (χ3v) is 0.972. The topological polar surface area (TPSA) is 28.7 Å². The van der Waals surface area contributed by atoms with E-state index < -0.39 is 0 Å². The van der Waals surface area contributed by atoms with Gasteiger partial charge in [-0.25, -0.2) is 4.98 Å². The number of H-pyrrole nitrogens is 1. The molecule has 1 N–H and O–H groups in total. The summed E-state index contributed by atoms with van der Waals surface area (Å²) in [7, 11) is 0. The fourth-order valence-corrected chi connectivity index (χ4v) is 0.539. The van der Waals surface area contributed by atoms with Gasteiger partial charge in [0.1, 0.15) is 5.82 Å². The van der Waals surface area contributed by atoms with Crippen molar-refractivity contribution in [1.82, 2.24) is 9.97 Å². The van der Waals surface area contributed by atoms with E-state index in [9.17, 15) is 0 Å². The van der Waals surface area contributed by atoms with Crippen LogP contribution in [-0.2, 0) is 0 Å². The van der Waals surface area contributed by atoms with Crippen molar-refractivity contribution in [2.24, 2.45) is 0 Å². The molecular weight excluding hydrogens is 100 g/mol. The lowest BCUT2D eigenvalue weighted by molar-refractivity contribution is 1.02. The van der Waals surface area contributed by atoms with Gasteiger partial charge in [-0.1, -0.05) is 13.8 Å². The first-order valence-corrected chi connectivity index (χ1v) is 2.60. The Bertz CT molecular complexity index is 142. The van der Waals surface area contributed by atoms with Gasteiger partial charge in [-0.3, -0.25) is 0 Å². The number of aromatic amines is 1. The van der Waals surface area contributed by atoms with Crippen molar-refractivity contribution in [2.75, 3.05) is 0 Å². The second-order valence-corrected chi connectivity index (χ2v) is 1.94. The minimum Gasteiger partial charge on any atom is -0.348 e. The number of imidazole rings is 1. The van der Waals surface area contributed by atoms with Gasteiger partial charge in [-0.15, -0.1) is 0 Å². The summed E-state index contributed by atoms with van der Waals surface area (Å²) >= 11 is 0. The van der Waals surface area contributed by atoms with Crippen LogP contribution in [0.5, 0.6) is 0 Å². The van der Waals surface area contributed by atoms with Gasteiger partial charge >= 0.3 is 0 Å². The molecule has 0 aliphatic heterocycles. The smallest absolute Gasteiger partial charge is 0.112 e. The van der Waals surface area contributed by atoms with Gasteiger partial charge in [0.15, 0.2) is 0 Å². The van der Waals surface area contributed by atoms with Crippen LogP contribution in [-0.4, -0.2) is 9.97 Å². The van der Waals surface area contributed by atoms with Crippen LogP contribution < -0.4 is 0 Å². The molecule has 0 amide bonds. The third kappa shape index (κ3) is 0.886. The average molecular weight is 109 g/mol. The summed E-state index contributed by atoms with van der Waals surface area (Å²) in [6.07, 6.45) is 3.57. The van der Waals surface area contributed by atoms with Crippen LogP contribution in [0.1, 0.15) is 19.7 Å². The molecule has 0 saturated heterocycles. The van der Waals surface area contributed by atoms with Gasteiger partial charge < -0.3 is 4.98 Å². The van der Waals surface area contributed by atoms with Gasteiger partial charge in [0.05, 0.1) is 0 Å². The number of hydrogen-bond donors (Lipinski definition) is 1. The Morgan fingerprint density at radius 2 is 2.38 bits per heavy atom. The third-order valence-electron chi connectivity index (χ3n) is 0.972. The highest BCUT2D eigenvalue weighted by atomic mass is 14.9. The monoisotopic (exact) mass is 109 g/mol. The van der Waals surface area contributed by atoms with E-state index in [-0.39, 0.29) is 0 Å². The maximum absolute atomic E-state index is 4.02. The van der Waals surface area contributed by atoms with Crippen LogP contribution >= 0.6 is 0 Å². The summed E-state index contributed by atoms with van der Waals surface area (Å²) in [6, 6.07) is 0. The second kappa shape index (κ2) is 1.99. The molecule has 1 heterocycles. The Labute approximate surface area is 49.0 Å². The molecule has 43 valence electrons. The summed E-state index contributed by atoms with van der Waals surface area (Å²) < 4.78 is 0.